The number of carbonyl (C=O) groups is 1. The van der Waals surface area contributed by atoms with Gasteiger partial charge in [-0.05, 0) is 38.0 Å². The molecule has 5 nitrogen and oxygen atoms in total. The van der Waals surface area contributed by atoms with Gasteiger partial charge in [0.25, 0.3) is 0 Å². The lowest BCUT2D eigenvalue weighted by atomic mass is 10.0. The number of para-hydroxylation sites is 1. The maximum Gasteiger partial charge on any atom is 0.238 e. The maximum absolute atomic E-state index is 12.4. The van der Waals surface area contributed by atoms with Crippen molar-refractivity contribution in [2.24, 2.45) is 0 Å². The van der Waals surface area contributed by atoms with Gasteiger partial charge < -0.3 is 10.1 Å². The largest absolute Gasteiger partial charge is 0.489 e. The standard InChI is InChI=1S/C22H23N3O2S/c1-13-8-4-5-9-16(13)12-27-18-11-7-6-10-17(18)20-19-14(2)24-25-21(19)23-22(26)15(3)28-20/h4-11,15,20H,12H2,1-3H3,(H2,23,24,25,26). The van der Waals surface area contributed by atoms with E-state index in [1.165, 1.54) is 5.56 Å². The number of aryl methyl sites for hydroxylation is 2. The average Bonchev–Trinajstić information content (AvgIpc) is 2.99. The van der Waals surface area contributed by atoms with Crippen molar-refractivity contribution in [1.29, 1.82) is 0 Å². The predicted octanol–water partition coefficient (Wildman–Crippen LogP) is 4.77. The predicted molar refractivity (Wildman–Crippen MR) is 113 cm³/mol. The number of nitrogens with zero attached hydrogens (tertiary/aromatic N) is 1. The molecule has 0 fully saturated rings. The van der Waals surface area contributed by atoms with Crippen molar-refractivity contribution in [3.63, 3.8) is 0 Å². The van der Waals surface area contributed by atoms with Crippen LogP contribution in [0.4, 0.5) is 5.82 Å². The molecule has 2 heterocycles. The number of amides is 1. The summed E-state index contributed by atoms with van der Waals surface area (Å²) in [6, 6.07) is 16.3. The number of rotatable bonds is 4. The molecule has 0 aliphatic carbocycles. The van der Waals surface area contributed by atoms with Crippen LogP contribution in [0.3, 0.4) is 0 Å². The van der Waals surface area contributed by atoms with Crippen molar-refractivity contribution in [3.05, 3.63) is 76.5 Å². The highest BCUT2D eigenvalue weighted by Gasteiger charge is 2.33. The fourth-order valence-corrected chi connectivity index (χ4v) is 4.75. The Balaban J connectivity index is 1.70. The third kappa shape index (κ3) is 3.52. The smallest absolute Gasteiger partial charge is 0.238 e. The fourth-order valence-electron chi connectivity index (χ4n) is 3.39. The van der Waals surface area contributed by atoms with Crippen molar-refractivity contribution in [1.82, 2.24) is 10.2 Å². The Hall–Kier alpha value is -2.73. The quantitative estimate of drug-likeness (QED) is 0.670. The monoisotopic (exact) mass is 393 g/mol. The number of H-pyrrole nitrogens is 1. The van der Waals surface area contributed by atoms with E-state index in [9.17, 15) is 4.79 Å². The molecule has 0 saturated heterocycles. The zero-order valence-electron chi connectivity index (χ0n) is 16.2. The first kappa shape index (κ1) is 18.6. The van der Waals surface area contributed by atoms with Gasteiger partial charge in [0.05, 0.1) is 10.5 Å². The van der Waals surface area contributed by atoms with Crippen LogP contribution in [0.2, 0.25) is 0 Å². The zero-order valence-corrected chi connectivity index (χ0v) is 17.0. The summed E-state index contributed by atoms with van der Waals surface area (Å²) in [4.78, 5) is 12.4. The van der Waals surface area contributed by atoms with Gasteiger partial charge >= 0.3 is 0 Å². The fraction of sp³-hybridized carbons (Fsp3) is 0.273. The van der Waals surface area contributed by atoms with Gasteiger partial charge in [0, 0.05) is 16.8 Å². The Morgan fingerprint density at radius 1 is 1.11 bits per heavy atom. The minimum atomic E-state index is -0.192. The zero-order chi connectivity index (χ0) is 19.7. The van der Waals surface area contributed by atoms with Crippen molar-refractivity contribution in [2.75, 3.05) is 5.32 Å². The Labute approximate surface area is 168 Å². The summed E-state index contributed by atoms with van der Waals surface area (Å²) >= 11 is 1.62. The molecule has 2 unspecified atom stereocenters. The van der Waals surface area contributed by atoms with E-state index >= 15 is 0 Å². The third-order valence-corrected chi connectivity index (χ3v) is 6.44. The molecule has 6 heteroatoms. The second kappa shape index (κ2) is 7.72. The van der Waals surface area contributed by atoms with E-state index < -0.39 is 0 Å². The number of aromatic nitrogens is 2. The first-order chi connectivity index (χ1) is 13.5. The number of aromatic amines is 1. The van der Waals surface area contributed by atoms with E-state index in [-0.39, 0.29) is 16.4 Å². The number of ether oxygens (including phenoxy) is 1. The molecule has 0 saturated carbocycles. The topological polar surface area (TPSA) is 67.0 Å². The van der Waals surface area contributed by atoms with E-state index in [2.05, 4.69) is 40.6 Å². The summed E-state index contributed by atoms with van der Waals surface area (Å²) in [5.74, 6) is 1.41. The van der Waals surface area contributed by atoms with Gasteiger partial charge in [0.1, 0.15) is 12.4 Å². The summed E-state index contributed by atoms with van der Waals surface area (Å²) in [6.45, 7) is 6.50. The first-order valence-electron chi connectivity index (χ1n) is 9.32. The van der Waals surface area contributed by atoms with Crippen LogP contribution in [-0.4, -0.2) is 21.4 Å². The van der Waals surface area contributed by atoms with Crippen LogP contribution in [0.1, 0.15) is 40.1 Å². The molecule has 1 aromatic heterocycles. The lowest BCUT2D eigenvalue weighted by Crippen LogP contribution is -2.21. The van der Waals surface area contributed by atoms with E-state index in [0.29, 0.717) is 12.4 Å². The molecule has 1 aliphatic heterocycles. The number of anilines is 1. The molecule has 4 rings (SSSR count). The third-order valence-electron chi connectivity index (χ3n) is 5.05. The van der Waals surface area contributed by atoms with Gasteiger partial charge in [0.15, 0.2) is 5.82 Å². The molecule has 2 aromatic carbocycles. The average molecular weight is 394 g/mol. The second-order valence-corrected chi connectivity index (χ2v) is 8.46. The van der Waals surface area contributed by atoms with Gasteiger partial charge in [-0.1, -0.05) is 42.5 Å². The summed E-state index contributed by atoms with van der Waals surface area (Å²) in [7, 11) is 0. The number of fused-ring (bicyclic) bond motifs is 1. The van der Waals surface area contributed by atoms with Crippen LogP contribution in [0.15, 0.2) is 48.5 Å². The van der Waals surface area contributed by atoms with Crippen molar-refractivity contribution in [2.45, 2.75) is 37.9 Å². The Bertz CT molecular complexity index is 1010. The lowest BCUT2D eigenvalue weighted by molar-refractivity contribution is -0.115. The Morgan fingerprint density at radius 3 is 2.68 bits per heavy atom. The normalized spacial score (nSPS) is 18.9. The molecule has 0 spiro atoms. The van der Waals surface area contributed by atoms with Crippen LogP contribution >= 0.6 is 11.8 Å². The lowest BCUT2D eigenvalue weighted by Gasteiger charge is -2.21. The highest BCUT2D eigenvalue weighted by molar-refractivity contribution is 8.01. The summed E-state index contributed by atoms with van der Waals surface area (Å²) in [5.41, 5.74) is 5.39. The molecule has 2 N–H and O–H groups in total. The van der Waals surface area contributed by atoms with Gasteiger partial charge in [0.2, 0.25) is 5.91 Å². The number of thioether (sulfide) groups is 1. The number of nitrogens with one attached hydrogen (secondary N) is 2. The van der Waals surface area contributed by atoms with Crippen LogP contribution in [-0.2, 0) is 11.4 Å². The van der Waals surface area contributed by atoms with Gasteiger partial charge in [-0.2, -0.15) is 5.10 Å². The Kier molecular flexibility index (Phi) is 5.13. The number of carbonyl (C=O) groups excluding carboxylic acids is 1. The van der Waals surface area contributed by atoms with Crippen molar-refractivity contribution in [3.8, 4) is 5.75 Å². The summed E-state index contributed by atoms with van der Waals surface area (Å²) in [5, 5.41) is 10.0. The van der Waals surface area contributed by atoms with Gasteiger partial charge in [-0.3, -0.25) is 9.89 Å². The van der Waals surface area contributed by atoms with E-state index in [1.807, 2.05) is 44.2 Å². The molecular formula is C22H23N3O2S. The van der Waals surface area contributed by atoms with E-state index in [0.717, 1.165) is 28.1 Å². The molecule has 2 atom stereocenters. The number of hydrogen-bond acceptors (Lipinski definition) is 4. The summed E-state index contributed by atoms with van der Waals surface area (Å²) < 4.78 is 6.24. The molecule has 28 heavy (non-hydrogen) atoms. The highest BCUT2D eigenvalue weighted by atomic mass is 32.2. The minimum absolute atomic E-state index is 0.0291. The highest BCUT2D eigenvalue weighted by Crippen LogP contribution is 2.47. The molecule has 1 amide bonds. The molecule has 1 aliphatic rings. The molecule has 0 bridgehead atoms. The second-order valence-electron chi connectivity index (χ2n) is 7.01. The van der Waals surface area contributed by atoms with E-state index in [4.69, 9.17) is 4.74 Å². The molecular weight excluding hydrogens is 370 g/mol. The van der Waals surface area contributed by atoms with Crippen LogP contribution in [0, 0.1) is 13.8 Å². The Morgan fingerprint density at radius 2 is 1.86 bits per heavy atom. The first-order valence-corrected chi connectivity index (χ1v) is 10.3. The number of benzene rings is 2. The summed E-state index contributed by atoms with van der Waals surface area (Å²) in [6.07, 6.45) is 0. The maximum atomic E-state index is 12.4. The SMILES string of the molecule is Cc1ccccc1COc1ccccc1C1SC(C)C(=O)Nc2n[nH]c(C)c21. The minimum Gasteiger partial charge on any atom is -0.489 e. The van der Waals surface area contributed by atoms with Crippen LogP contribution < -0.4 is 10.1 Å². The van der Waals surface area contributed by atoms with Crippen LogP contribution in [0.25, 0.3) is 0 Å². The number of hydrogen-bond donors (Lipinski definition) is 2. The van der Waals surface area contributed by atoms with Crippen molar-refractivity contribution < 1.29 is 9.53 Å². The molecule has 3 aromatic rings. The van der Waals surface area contributed by atoms with Gasteiger partial charge in [-0.15, -0.1) is 11.8 Å². The van der Waals surface area contributed by atoms with Crippen molar-refractivity contribution >= 4 is 23.5 Å². The molecule has 0 radical (unpaired) electrons. The van der Waals surface area contributed by atoms with Gasteiger partial charge in [-0.25, -0.2) is 0 Å². The van der Waals surface area contributed by atoms with Crippen LogP contribution in [0.5, 0.6) is 5.75 Å². The molecule has 144 valence electrons. The van der Waals surface area contributed by atoms with E-state index in [1.54, 1.807) is 11.8 Å².